The van der Waals surface area contributed by atoms with E-state index in [-0.39, 0.29) is 5.91 Å². The average Bonchev–Trinajstić information content (AvgIpc) is 2.28. The lowest BCUT2D eigenvalue weighted by Gasteiger charge is -2.05. The zero-order valence-corrected chi connectivity index (χ0v) is 8.92. The van der Waals surface area contributed by atoms with Crippen molar-refractivity contribution in [2.24, 2.45) is 0 Å². The van der Waals surface area contributed by atoms with Gasteiger partial charge in [0, 0.05) is 12.1 Å². The molecular formula is C13H15NO. The van der Waals surface area contributed by atoms with E-state index in [0.29, 0.717) is 12.1 Å². The Labute approximate surface area is 90.3 Å². The lowest BCUT2D eigenvalue weighted by atomic mass is 10.0. The Hall–Kier alpha value is -1.83. The fraction of sp³-hybridized carbons (Fsp3) is 0.154. The summed E-state index contributed by atoms with van der Waals surface area (Å²) in [6.45, 7) is 9.93. The molecule has 1 N–H and O–H groups in total. The molecule has 0 radical (unpaired) electrons. The minimum atomic E-state index is -0.0591. The van der Waals surface area contributed by atoms with Gasteiger partial charge < -0.3 is 5.32 Å². The minimum Gasteiger partial charge on any atom is -0.352 e. The van der Waals surface area contributed by atoms with Crippen LogP contribution < -0.4 is 5.32 Å². The quantitative estimate of drug-likeness (QED) is 0.797. The number of amides is 1. The largest absolute Gasteiger partial charge is 0.352 e. The van der Waals surface area contributed by atoms with Crippen molar-refractivity contribution in [2.75, 3.05) is 6.54 Å². The Balaban J connectivity index is 3.07. The third kappa shape index (κ3) is 2.56. The Bertz CT molecular complexity index is 394. The van der Waals surface area contributed by atoms with Crippen LogP contribution >= 0.6 is 0 Å². The maximum atomic E-state index is 11.5. The minimum absolute atomic E-state index is 0.0591. The summed E-state index contributed by atoms with van der Waals surface area (Å²) in [5, 5.41) is 2.75. The second kappa shape index (κ2) is 5.15. The third-order valence-corrected chi connectivity index (χ3v) is 2.13. The van der Waals surface area contributed by atoms with Gasteiger partial charge in [0.05, 0.1) is 0 Å². The Kier molecular flexibility index (Phi) is 3.86. The van der Waals surface area contributed by atoms with Gasteiger partial charge in [-0.05, 0) is 30.2 Å². The van der Waals surface area contributed by atoms with Gasteiger partial charge in [-0.1, -0.05) is 31.4 Å². The first-order valence-corrected chi connectivity index (χ1v) is 4.90. The highest BCUT2D eigenvalue weighted by molar-refractivity contribution is 5.95. The zero-order chi connectivity index (χ0) is 11.3. The van der Waals surface area contributed by atoms with Crippen molar-refractivity contribution in [1.29, 1.82) is 0 Å². The smallest absolute Gasteiger partial charge is 0.251 e. The lowest BCUT2D eigenvalue weighted by Crippen LogP contribution is -2.22. The van der Waals surface area contributed by atoms with Crippen LogP contribution in [-0.2, 0) is 0 Å². The van der Waals surface area contributed by atoms with Crippen molar-refractivity contribution in [1.82, 2.24) is 5.32 Å². The third-order valence-electron chi connectivity index (χ3n) is 2.13. The molecule has 0 atom stereocenters. The predicted molar refractivity (Wildman–Crippen MR) is 64.6 cm³/mol. The van der Waals surface area contributed by atoms with Crippen molar-refractivity contribution in [3.8, 4) is 0 Å². The molecule has 0 bridgehead atoms. The molecular weight excluding hydrogens is 186 g/mol. The molecule has 0 spiro atoms. The van der Waals surface area contributed by atoms with Crippen molar-refractivity contribution < 1.29 is 4.79 Å². The highest BCUT2D eigenvalue weighted by Crippen LogP contribution is 2.14. The fourth-order valence-electron chi connectivity index (χ4n) is 1.34. The van der Waals surface area contributed by atoms with Gasteiger partial charge in [0.15, 0.2) is 0 Å². The predicted octanol–water partition coefficient (Wildman–Crippen LogP) is 2.72. The Morgan fingerprint density at radius 3 is 2.53 bits per heavy atom. The molecule has 0 heterocycles. The monoisotopic (exact) mass is 201 g/mol. The van der Waals surface area contributed by atoms with Crippen LogP contribution in [0.1, 0.15) is 28.4 Å². The molecule has 0 aliphatic heterocycles. The molecule has 1 aromatic carbocycles. The molecule has 0 unspecified atom stereocenters. The van der Waals surface area contributed by atoms with Crippen LogP contribution in [0.15, 0.2) is 31.4 Å². The molecule has 1 rings (SSSR count). The molecule has 15 heavy (non-hydrogen) atoms. The van der Waals surface area contributed by atoms with Gasteiger partial charge in [0.2, 0.25) is 0 Å². The van der Waals surface area contributed by atoms with E-state index >= 15 is 0 Å². The van der Waals surface area contributed by atoms with Crippen LogP contribution in [0.25, 0.3) is 12.2 Å². The molecule has 2 heteroatoms. The van der Waals surface area contributed by atoms with Crippen molar-refractivity contribution in [3.05, 3.63) is 48.0 Å². The molecule has 0 saturated carbocycles. The second-order valence-electron chi connectivity index (χ2n) is 3.11. The lowest BCUT2D eigenvalue weighted by molar-refractivity contribution is 0.0956. The van der Waals surface area contributed by atoms with E-state index in [1.165, 1.54) is 0 Å². The van der Waals surface area contributed by atoms with Crippen molar-refractivity contribution in [2.45, 2.75) is 6.92 Å². The molecule has 0 aromatic heterocycles. The molecule has 0 saturated heterocycles. The molecule has 0 aliphatic carbocycles. The van der Waals surface area contributed by atoms with E-state index in [1.54, 1.807) is 18.2 Å². The first-order valence-electron chi connectivity index (χ1n) is 4.90. The number of rotatable bonds is 4. The SMILES string of the molecule is C=Cc1ccc(C(=O)NCC)cc1C=C. The van der Waals surface area contributed by atoms with Crippen LogP contribution in [0.5, 0.6) is 0 Å². The highest BCUT2D eigenvalue weighted by atomic mass is 16.1. The summed E-state index contributed by atoms with van der Waals surface area (Å²) in [5.41, 5.74) is 2.56. The zero-order valence-electron chi connectivity index (χ0n) is 8.92. The number of carbonyl (C=O) groups excluding carboxylic acids is 1. The summed E-state index contributed by atoms with van der Waals surface area (Å²) in [5.74, 6) is -0.0591. The van der Waals surface area contributed by atoms with Gasteiger partial charge >= 0.3 is 0 Å². The van der Waals surface area contributed by atoms with E-state index in [1.807, 2.05) is 19.1 Å². The summed E-state index contributed by atoms with van der Waals surface area (Å²) >= 11 is 0. The average molecular weight is 201 g/mol. The summed E-state index contributed by atoms with van der Waals surface area (Å²) in [6.07, 6.45) is 3.47. The second-order valence-corrected chi connectivity index (χ2v) is 3.11. The van der Waals surface area contributed by atoms with E-state index in [9.17, 15) is 4.79 Å². The highest BCUT2D eigenvalue weighted by Gasteiger charge is 2.05. The topological polar surface area (TPSA) is 29.1 Å². The fourth-order valence-corrected chi connectivity index (χ4v) is 1.34. The number of carbonyl (C=O) groups is 1. The van der Waals surface area contributed by atoms with E-state index in [4.69, 9.17) is 0 Å². The maximum absolute atomic E-state index is 11.5. The Morgan fingerprint density at radius 1 is 1.33 bits per heavy atom. The molecule has 78 valence electrons. The van der Waals surface area contributed by atoms with E-state index in [2.05, 4.69) is 18.5 Å². The summed E-state index contributed by atoms with van der Waals surface area (Å²) < 4.78 is 0. The van der Waals surface area contributed by atoms with Gasteiger partial charge in [-0.2, -0.15) is 0 Å². The molecule has 1 amide bonds. The summed E-state index contributed by atoms with van der Waals surface area (Å²) in [6, 6.07) is 5.47. The Morgan fingerprint density at radius 2 is 2.00 bits per heavy atom. The first kappa shape index (κ1) is 11.2. The first-order chi connectivity index (χ1) is 7.22. The standard InChI is InChI=1S/C13H15NO/c1-4-10-7-8-12(9-11(10)5-2)13(15)14-6-3/h4-5,7-9H,1-2,6H2,3H3,(H,14,15). The number of hydrogen-bond acceptors (Lipinski definition) is 1. The maximum Gasteiger partial charge on any atom is 0.251 e. The van der Waals surface area contributed by atoms with Gasteiger partial charge in [-0.15, -0.1) is 0 Å². The number of nitrogens with one attached hydrogen (secondary N) is 1. The normalized spacial score (nSPS) is 9.40. The van der Waals surface area contributed by atoms with Crippen LogP contribution in [0.2, 0.25) is 0 Å². The summed E-state index contributed by atoms with van der Waals surface area (Å²) in [7, 11) is 0. The van der Waals surface area contributed by atoms with E-state index in [0.717, 1.165) is 11.1 Å². The molecule has 2 nitrogen and oxygen atoms in total. The van der Waals surface area contributed by atoms with E-state index < -0.39 is 0 Å². The number of hydrogen-bond donors (Lipinski definition) is 1. The van der Waals surface area contributed by atoms with Crippen LogP contribution in [0.4, 0.5) is 0 Å². The number of benzene rings is 1. The molecule has 0 aliphatic rings. The van der Waals surface area contributed by atoms with Crippen molar-refractivity contribution in [3.63, 3.8) is 0 Å². The van der Waals surface area contributed by atoms with Gasteiger partial charge in [-0.3, -0.25) is 4.79 Å². The molecule has 0 fully saturated rings. The van der Waals surface area contributed by atoms with Crippen molar-refractivity contribution >= 4 is 18.1 Å². The van der Waals surface area contributed by atoms with Gasteiger partial charge in [0.25, 0.3) is 5.91 Å². The van der Waals surface area contributed by atoms with Crippen LogP contribution in [-0.4, -0.2) is 12.5 Å². The van der Waals surface area contributed by atoms with Gasteiger partial charge in [-0.25, -0.2) is 0 Å². The van der Waals surface area contributed by atoms with Gasteiger partial charge in [0.1, 0.15) is 0 Å². The molecule has 1 aromatic rings. The van der Waals surface area contributed by atoms with Crippen LogP contribution in [0.3, 0.4) is 0 Å². The van der Waals surface area contributed by atoms with Crippen LogP contribution in [0, 0.1) is 0 Å². The summed E-state index contributed by atoms with van der Waals surface area (Å²) in [4.78, 5) is 11.5.